The number of pyridine rings is 2. The summed E-state index contributed by atoms with van der Waals surface area (Å²) in [5.41, 5.74) is 0.218. The Balaban J connectivity index is 2.46. The highest BCUT2D eigenvalue weighted by Gasteiger charge is 2.35. The summed E-state index contributed by atoms with van der Waals surface area (Å²) in [6.07, 6.45) is 5.47. The first-order valence-electron chi connectivity index (χ1n) is 6.58. The zero-order chi connectivity index (χ0) is 16.8. The highest BCUT2D eigenvalue weighted by atomic mass is 32.1. The molecule has 118 valence electrons. The van der Waals surface area contributed by atoms with Crippen LogP contribution in [0.25, 0.3) is 0 Å². The minimum absolute atomic E-state index is 0.109. The maximum atomic E-state index is 12.6. The predicted octanol–water partition coefficient (Wildman–Crippen LogP) is 1.14. The van der Waals surface area contributed by atoms with E-state index in [1.54, 1.807) is 0 Å². The molecule has 8 heteroatoms. The van der Waals surface area contributed by atoms with Crippen molar-refractivity contribution in [3.05, 3.63) is 60.2 Å². The zero-order valence-corrected chi connectivity index (χ0v) is 12.8. The summed E-state index contributed by atoms with van der Waals surface area (Å²) in [4.78, 5) is 44.9. The number of aromatic nitrogens is 2. The molecule has 2 amide bonds. The molecule has 0 aliphatic carbocycles. The van der Waals surface area contributed by atoms with Gasteiger partial charge in [0.05, 0.1) is 11.1 Å². The maximum Gasteiger partial charge on any atom is 0.327 e. The molecule has 0 saturated carbocycles. The topological polar surface area (TPSA) is 100 Å². The monoisotopic (exact) mass is 331 g/mol. The van der Waals surface area contributed by atoms with Crippen molar-refractivity contribution in [1.29, 1.82) is 0 Å². The number of imide groups is 1. The number of carboxylic acid groups (broad SMARTS) is 1. The number of thiol groups is 1. The molecule has 0 aliphatic heterocycles. The van der Waals surface area contributed by atoms with E-state index in [1.165, 1.54) is 49.1 Å². The Morgan fingerprint density at radius 2 is 1.52 bits per heavy atom. The number of hydrogen-bond acceptors (Lipinski definition) is 6. The zero-order valence-electron chi connectivity index (χ0n) is 11.9. The highest BCUT2D eigenvalue weighted by Crippen LogP contribution is 2.14. The van der Waals surface area contributed by atoms with Crippen LogP contribution in [0.3, 0.4) is 0 Å². The Morgan fingerprint density at radius 3 is 1.83 bits per heavy atom. The molecular weight excluding hydrogens is 318 g/mol. The Kier molecular flexibility index (Phi) is 5.42. The summed E-state index contributed by atoms with van der Waals surface area (Å²) in [5, 5.41) is 9.31. The summed E-state index contributed by atoms with van der Waals surface area (Å²) >= 11 is 3.95. The molecule has 2 rings (SSSR count). The molecule has 0 aliphatic rings. The van der Waals surface area contributed by atoms with Crippen molar-refractivity contribution in [3.8, 4) is 0 Å². The van der Waals surface area contributed by atoms with Gasteiger partial charge in [-0.15, -0.1) is 0 Å². The fourth-order valence-corrected chi connectivity index (χ4v) is 2.22. The number of hydrogen-bond donors (Lipinski definition) is 2. The van der Waals surface area contributed by atoms with Crippen LogP contribution in [0.5, 0.6) is 0 Å². The van der Waals surface area contributed by atoms with Crippen LogP contribution in [-0.2, 0) is 4.79 Å². The van der Waals surface area contributed by atoms with Crippen LogP contribution < -0.4 is 0 Å². The fraction of sp³-hybridized carbons (Fsp3) is 0.133. The van der Waals surface area contributed by atoms with Crippen LogP contribution in [0.2, 0.25) is 0 Å². The summed E-state index contributed by atoms with van der Waals surface area (Å²) in [7, 11) is 0. The van der Waals surface area contributed by atoms with Crippen molar-refractivity contribution in [2.24, 2.45) is 0 Å². The standard InChI is InChI=1S/C15H13N3O4S/c19-13(10-3-1-5-16-7-10)18(12(9-23)15(21)22)14(20)11-4-2-6-17-8-11/h1-8,12,23H,9H2,(H,21,22)/t12-/m0/s1. The van der Waals surface area contributed by atoms with Gasteiger partial charge < -0.3 is 5.11 Å². The predicted molar refractivity (Wildman–Crippen MR) is 84.3 cm³/mol. The molecule has 1 N–H and O–H groups in total. The molecule has 0 radical (unpaired) electrons. The van der Waals surface area contributed by atoms with Crippen molar-refractivity contribution in [1.82, 2.24) is 14.9 Å². The van der Waals surface area contributed by atoms with Gasteiger partial charge in [-0.2, -0.15) is 12.6 Å². The molecule has 7 nitrogen and oxygen atoms in total. The molecular formula is C15H13N3O4S. The molecule has 0 saturated heterocycles. The summed E-state index contributed by atoms with van der Waals surface area (Å²) < 4.78 is 0. The van der Waals surface area contributed by atoms with Gasteiger partial charge in [-0.25, -0.2) is 4.79 Å². The first-order chi connectivity index (χ1) is 11.1. The molecule has 2 aromatic heterocycles. The second kappa shape index (κ2) is 7.50. The van der Waals surface area contributed by atoms with E-state index >= 15 is 0 Å². The van der Waals surface area contributed by atoms with Crippen molar-refractivity contribution >= 4 is 30.4 Å². The molecule has 2 heterocycles. The molecule has 0 bridgehead atoms. The largest absolute Gasteiger partial charge is 0.480 e. The van der Waals surface area contributed by atoms with Gasteiger partial charge in [-0.1, -0.05) is 0 Å². The van der Waals surface area contributed by atoms with E-state index < -0.39 is 23.8 Å². The van der Waals surface area contributed by atoms with Gasteiger partial charge in [0, 0.05) is 30.5 Å². The number of aliphatic carboxylic acids is 1. The van der Waals surface area contributed by atoms with E-state index in [-0.39, 0.29) is 16.9 Å². The Hall–Kier alpha value is -2.74. The summed E-state index contributed by atoms with van der Waals surface area (Å²) in [6.45, 7) is 0. The van der Waals surface area contributed by atoms with Crippen LogP contribution in [0.15, 0.2) is 49.1 Å². The van der Waals surface area contributed by atoms with E-state index in [4.69, 9.17) is 0 Å². The smallest absolute Gasteiger partial charge is 0.327 e. The molecule has 0 spiro atoms. The van der Waals surface area contributed by atoms with E-state index in [0.717, 1.165) is 0 Å². The SMILES string of the molecule is O=C(O)[C@H](CS)N(C(=O)c1cccnc1)C(=O)c1cccnc1. The second-order valence-electron chi connectivity index (χ2n) is 4.50. The Bertz CT molecular complexity index is 658. The Labute approximate surface area is 137 Å². The van der Waals surface area contributed by atoms with Crippen LogP contribution in [0, 0.1) is 0 Å². The second-order valence-corrected chi connectivity index (χ2v) is 4.87. The minimum Gasteiger partial charge on any atom is -0.480 e. The van der Waals surface area contributed by atoms with Gasteiger partial charge in [-0.3, -0.25) is 24.5 Å². The average molecular weight is 331 g/mol. The Morgan fingerprint density at radius 1 is 1.04 bits per heavy atom. The molecule has 2 aromatic rings. The third-order valence-corrected chi connectivity index (χ3v) is 3.37. The van der Waals surface area contributed by atoms with Crippen LogP contribution in [0.1, 0.15) is 20.7 Å². The first-order valence-corrected chi connectivity index (χ1v) is 7.21. The molecule has 0 fully saturated rings. The molecule has 0 unspecified atom stereocenters. The number of rotatable bonds is 5. The third-order valence-electron chi connectivity index (χ3n) is 3.02. The quantitative estimate of drug-likeness (QED) is 0.629. The van der Waals surface area contributed by atoms with Gasteiger partial charge in [0.1, 0.15) is 6.04 Å². The van der Waals surface area contributed by atoms with Crippen molar-refractivity contribution in [2.45, 2.75) is 6.04 Å². The van der Waals surface area contributed by atoms with Gasteiger partial charge >= 0.3 is 5.97 Å². The molecule has 0 aromatic carbocycles. The number of carbonyl (C=O) groups excluding carboxylic acids is 2. The summed E-state index contributed by atoms with van der Waals surface area (Å²) in [5.74, 6) is -3.05. The van der Waals surface area contributed by atoms with Gasteiger partial charge in [-0.05, 0) is 24.3 Å². The van der Waals surface area contributed by atoms with Crippen LogP contribution in [0.4, 0.5) is 0 Å². The highest BCUT2D eigenvalue weighted by molar-refractivity contribution is 7.80. The normalized spacial score (nSPS) is 11.5. The lowest BCUT2D eigenvalue weighted by Gasteiger charge is -2.26. The molecule has 1 atom stereocenters. The van der Waals surface area contributed by atoms with Gasteiger partial charge in [0.25, 0.3) is 11.8 Å². The number of carbonyl (C=O) groups is 3. The lowest BCUT2D eigenvalue weighted by molar-refractivity contribution is -0.140. The first kappa shape index (κ1) is 16.6. The summed E-state index contributed by atoms with van der Waals surface area (Å²) in [6, 6.07) is 4.55. The minimum atomic E-state index is -1.40. The van der Waals surface area contributed by atoms with Crippen molar-refractivity contribution < 1.29 is 19.5 Å². The van der Waals surface area contributed by atoms with E-state index in [1.807, 2.05) is 0 Å². The van der Waals surface area contributed by atoms with Crippen LogP contribution >= 0.6 is 12.6 Å². The molecule has 23 heavy (non-hydrogen) atoms. The van der Waals surface area contributed by atoms with Gasteiger partial charge in [0.15, 0.2) is 0 Å². The fourth-order valence-electron chi connectivity index (χ4n) is 1.90. The van der Waals surface area contributed by atoms with E-state index in [2.05, 4.69) is 22.6 Å². The lowest BCUT2D eigenvalue weighted by atomic mass is 10.1. The third kappa shape index (κ3) is 3.72. The van der Waals surface area contributed by atoms with Gasteiger partial charge in [0.2, 0.25) is 0 Å². The number of amides is 2. The number of nitrogens with zero attached hydrogens (tertiary/aromatic N) is 3. The van der Waals surface area contributed by atoms with Crippen LogP contribution in [-0.4, -0.2) is 49.6 Å². The lowest BCUT2D eigenvalue weighted by Crippen LogP contribution is -2.49. The van der Waals surface area contributed by atoms with E-state index in [9.17, 15) is 19.5 Å². The van der Waals surface area contributed by atoms with E-state index in [0.29, 0.717) is 4.90 Å². The average Bonchev–Trinajstić information content (AvgIpc) is 2.59. The number of carboxylic acids is 1. The maximum absolute atomic E-state index is 12.6. The van der Waals surface area contributed by atoms with Crippen molar-refractivity contribution in [3.63, 3.8) is 0 Å². The van der Waals surface area contributed by atoms with Crippen molar-refractivity contribution in [2.75, 3.05) is 5.75 Å².